The fourth-order valence-corrected chi connectivity index (χ4v) is 3.84. The number of aromatic hydroxyl groups is 1. The highest BCUT2D eigenvalue weighted by molar-refractivity contribution is 7.23. The van der Waals surface area contributed by atoms with Crippen molar-refractivity contribution in [2.45, 2.75) is 19.4 Å². The zero-order chi connectivity index (χ0) is 19.1. The second-order valence-electron chi connectivity index (χ2n) is 6.37. The quantitative estimate of drug-likeness (QED) is 0.630. The maximum absolute atomic E-state index is 11.8. The summed E-state index contributed by atoms with van der Waals surface area (Å²) in [5.74, 6) is 0.189. The summed E-state index contributed by atoms with van der Waals surface area (Å²) in [7, 11) is 0. The predicted molar refractivity (Wildman–Crippen MR) is 101 cm³/mol. The lowest BCUT2D eigenvalue weighted by atomic mass is 10.0. The molecule has 0 aliphatic rings. The van der Waals surface area contributed by atoms with E-state index >= 15 is 0 Å². The molecule has 0 atom stereocenters. The Kier molecular flexibility index (Phi) is 4.67. The van der Waals surface area contributed by atoms with Crippen molar-refractivity contribution in [2.75, 3.05) is 6.61 Å². The van der Waals surface area contributed by atoms with Gasteiger partial charge in [0.25, 0.3) is 5.56 Å². The van der Waals surface area contributed by atoms with Crippen molar-refractivity contribution in [1.82, 2.24) is 4.98 Å². The molecule has 3 aromatic rings. The average molecular weight is 391 g/mol. The lowest BCUT2D eigenvalue weighted by Crippen LogP contribution is -2.27. The van der Waals surface area contributed by atoms with Crippen molar-refractivity contribution in [2.24, 2.45) is 0 Å². The first-order valence-corrected chi connectivity index (χ1v) is 8.83. The van der Waals surface area contributed by atoms with E-state index in [2.05, 4.69) is 4.98 Å². The van der Waals surface area contributed by atoms with Crippen molar-refractivity contribution in [3.8, 4) is 28.7 Å². The van der Waals surface area contributed by atoms with E-state index in [-0.39, 0.29) is 17.9 Å². The van der Waals surface area contributed by atoms with E-state index in [9.17, 15) is 15.0 Å². The molecule has 134 valence electrons. The maximum Gasteiger partial charge on any atom is 0.270 e. The van der Waals surface area contributed by atoms with Crippen LogP contribution in [-0.4, -0.2) is 27.4 Å². The number of hydrogen-bond donors (Lipinski definition) is 3. The molecule has 3 N–H and O–H groups in total. The lowest BCUT2D eigenvalue weighted by molar-refractivity contribution is 0.0285. The van der Waals surface area contributed by atoms with Gasteiger partial charge in [-0.3, -0.25) is 4.79 Å². The molecule has 0 unspecified atom stereocenters. The first kappa shape index (κ1) is 18.3. The van der Waals surface area contributed by atoms with Gasteiger partial charge in [-0.2, -0.15) is 5.26 Å². The number of pyridine rings is 1. The molecule has 0 amide bonds. The molecule has 2 aromatic heterocycles. The van der Waals surface area contributed by atoms with E-state index in [1.807, 2.05) is 0 Å². The Morgan fingerprint density at radius 2 is 2.00 bits per heavy atom. The Balaban J connectivity index is 2.07. The average Bonchev–Trinajstić information content (AvgIpc) is 2.89. The zero-order valence-electron chi connectivity index (χ0n) is 14.0. The van der Waals surface area contributed by atoms with E-state index in [1.54, 1.807) is 44.2 Å². The summed E-state index contributed by atoms with van der Waals surface area (Å²) in [6.45, 7) is 3.44. The number of rotatable bonds is 4. The zero-order valence-corrected chi connectivity index (χ0v) is 15.5. The fraction of sp³-hybridized carbons (Fsp3) is 0.222. The first-order valence-electron chi connectivity index (χ1n) is 7.64. The smallest absolute Gasteiger partial charge is 0.270 e. The van der Waals surface area contributed by atoms with Crippen LogP contribution in [-0.2, 0) is 0 Å². The van der Waals surface area contributed by atoms with Crippen molar-refractivity contribution < 1.29 is 14.9 Å². The SMILES string of the molecule is CC(C)(O)COc1ccc(-c2c(Cl)sc3[nH]c(=O)c(C#N)c(O)c23)cc1. The van der Waals surface area contributed by atoms with Gasteiger partial charge < -0.3 is 19.9 Å². The highest BCUT2D eigenvalue weighted by Gasteiger charge is 2.21. The van der Waals surface area contributed by atoms with Crippen LogP contribution in [0.3, 0.4) is 0 Å². The molecule has 1 aromatic carbocycles. The summed E-state index contributed by atoms with van der Waals surface area (Å²) in [6.07, 6.45) is 0. The summed E-state index contributed by atoms with van der Waals surface area (Å²) >= 11 is 7.44. The third-order valence-corrected chi connectivity index (χ3v) is 4.95. The standard InChI is InChI=1S/C18H15ClN2O4S/c1-18(2,24)8-25-10-5-3-9(4-6-10)12-13-14(22)11(7-20)16(23)21-17(13)26-15(12)19/h3-6,24H,8H2,1-2H3,(H2,21,22,23). The number of nitrogens with zero attached hydrogens (tertiary/aromatic N) is 1. The van der Waals surface area contributed by atoms with Gasteiger partial charge in [0.1, 0.15) is 33.3 Å². The van der Waals surface area contributed by atoms with Crippen LogP contribution in [0.2, 0.25) is 4.34 Å². The molecule has 0 fully saturated rings. The summed E-state index contributed by atoms with van der Waals surface area (Å²) < 4.78 is 5.90. The normalized spacial score (nSPS) is 11.5. The molecule has 26 heavy (non-hydrogen) atoms. The summed E-state index contributed by atoms with van der Waals surface area (Å²) in [6, 6.07) is 8.65. The minimum absolute atomic E-state index is 0.141. The van der Waals surface area contributed by atoms with Gasteiger partial charge in [0.15, 0.2) is 5.56 Å². The fourth-order valence-electron chi connectivity index (χ4n) is 2.45. The number of aromatic amines is 1. The largest absolute Gasteiger partial charge is 0.506 e. The third-order valence-electron chi connectivity index (χ3n) is 3.64. The molecule has 0 bridgehead atoms. The number of H-pyrrole nitrogens is 1. The first-order chi connectivity index (χ1) is 12.2. The van der Waals surface area contributed by atoms with E-state index in [1.165, 1.54) is 0 Å². The van der Waals surface area contributed by atoms with Crippen LogP contribution in [0.1, 0.15) is 19.4 Å². The van der Waals surface area contributed by atoms with Crippen molar-refractivity contribution >= 4 is 33.2 Å². The highest BCUT2D eigenvalue weighted by Crippen LogP contribution is 2.45. The van der Waals surface area contributed by atoms with Crippen LogP contribution in [0.5, 0.6) is 11.5 Å². The summed E-state index contributed by atoms with van der Waals surface area (Å²) in [5.41, 5.74) is -0.721. The molecule has 2 heterocycles. The van der Waals surface area contributed by atoms with E-state index in [4.69, 9.17) is 21.6 Å². The number of ether oxygens (including phenoxy) is 1. The Hall–Kier alpha value is -2.53. The molecule has 0 saturated carbocycles. The van der Waals surface area contributed by atoms with Crippen molar-refractivity contribution in [3.63, 3.8) is 0 Å². The summed E-state index contributed by atoms with van der Waals surface area (Å²) in [5, 5.41) is 29.5. The number of nitriles is 1. The number of aromatic nitrogens is 1. The van der Waals surface area contributed by atoms with Gasteiger partial charge in [-0.05, 0) is 31.5 Å². The van der Waals surface area contributed by atoms with E-state index in [0.29, 0.717) is 31.4 Å². The molecular weight excluding hydrogens is 376 g/mol. The van der Waals surface area contributed by atoms with Gasteiger partial charge in [-0.1, -0.05) is 23.7 Å². The van der Waals surface area contributed by atoms with Crippen LogP contribution in [0.25, 0.3) is 21.3 Å². The van der Waals surface area contributed by atoms with Gasteiger partial charge in [0.05, 0.1) is 11.0 Å². The predicted octanol–water partition coefficient (Wildman–Crippen LogP) is 3.64. The summed E-state index contributed by atoms with van der Waals surface area (Å²) in [4.78, 5) is 14.8. The second kappa shape index (κ2) is 6.65. The highest BCUT2D eigenvalue weighted by atomic mass is 35.5. The number of halogens is 1. The topological polar surface area (TPSA) is 106 Å². The van der Waals surface area contributed by atoms with E-state index < -0.39 is 11.2 Å². The molecule has 0 aliphatic heterocycles. The van der Waals surface area contributed by atoms with Gasteiger partial charge in [-0.25, -0.2) is 0 Å². The maximum atomic E-state index is 11.8. The van der Waals surface area contributed by atoms with Crippen LogP contribution in [0.15, 0.2) is 29.1 Å². The van der Waals surface area contributed by atoms with Crippen molar-refractivity contribution in [1.29, 1.82) is 5.26 Å². The lowest BCUT2D eigenvalue weighted by Gasteiger charge is -2.17. The van der Waals surface area contributed by atoms with E-state index in [0.717, 1.165) is 11.3 Å². The van der Waals surface area contributed by atoms with Gasteiger partial charge in [-0.15, -0.1) is 11.3 Å². The monoisotopic (exact) mass is 390 g/mol. The molecule has 0 radical (unpaired) electrons. The Labute approximate surface area is 157 Å². The molecule has 6 nitrogen and oxygen atoms in total. The number of nitrogens with one attached hydrogen (secondary N) is 1. The van der Waals surface area contributed by atoms with Crippen LogP contribution in [0.4, 0.5) is 0 Å². The van der Waals surface area contributed by atoms with Gasteiger partial charge in [0, 0.05) is 5.56 Å². The number of thiophene rings is 1. The van der Waals surface area contributed by atoms with Crippen LogP contribution >= 0.6 is 22.9 Å². The minimum atomic E-state index is -0.948. The third kappa shape index (κ3) is 3.40. The number of benzene rings is 1. The van der Waals surface area contributed by atoms with Crippen LogP contribution < -0.4 is 10.3 Å². The number of fused-ring (bicyclic) bond motifs is 1. The molecule has 3 rings (SSSR count). The molecule has 0 aliphatic carbocycles. The molecule has 0 spiro atoms. The van der Waals surface area contributed by atoms with Crippen molar-refractivity contribution in [3.05, 3.63) is 44.5 Å². The van der Waals surface area contributed by atoms with Gasteiger partial charge >= 0.3 is 0 Å². The molecule has 0 saturated heterocycles. The Bertz CT molecular complexity index is 1070. The van der Waals surface area contributed by atoms with Gasteiger partial charge in [0.2, 0.25) is 0 Å². The Morgan fingerprint density at radius 3 is 2.58 bits per heavy atom. The molecule has 8 heteroatoms. The number of aliphatic hydroxyl groups is 1. The van der Waals surface area contributed by atoms with Crippen LogP contribution in [0, 0.1) is 11.3 Å². The Morgan fingerprint density at radius 1 is 1.35 bits per heavy atom. The second-order valence-corrected chi connectivity index (χ2v) is 7.99. The molecular formula is C18H15ClN2O4S. The number of hydrogen-bond acceptors (Lipinski definition) is 6. The minimum Gasteiger partial charge on any atom is -0.506 e.